The van der Waals surface area contributed by atoms with Gasteiger partial charge in [-0.25, -0.2) is 4.99 Å². The van der Waals surface area contributed by atoms with Crippen LogP contribution in [-0.4, -0.2) is 18.5 Å². The zero-order valence-electron chi connectivity index (χ0n) is 12.4. The molecule has 1 aromatic carbocycles. The van der Waals surface area contributed by atoms with E-state index in [1.54, 1.807) is 0 Å². The van der Waals surface area contributed by atoms with Gasteiger partial charge in [0.15, 0.2) is 5.96 Å². The van der Waals surface area contributed by atoms with Crippen molar-refractivity contribution in [2.75, 3.05) is 6.54 Å². The van der Waals surface area contributed by atoms with E-state index < -0.39 is 0 Å². The predicted octanol–water partition coefficient (Wildman–Crippen LogP) is 3.51. The molecule has 0 bridgehead atoms. The molecular formula is C16H22IN3O. The summed E-state index contributed by atoms with van der Waals surface area (Å²) >= 11 is 0. The highest BCUT2D eigenvalue weighted by Gasteiger charge is 2.33. The Morgan fingerprint density at radius 3 is 2.81 bits per heavy atom. The topological polar surface area (TPSA) is 49.6 Å². The lowest BCUT2D eigenvalue weighted by atomic mass is 10.2. The average molecular weight is 399 g/mol. The normalized spacial score (nSPS) is 21.0. The van der Waals surface area contributed by atoms with E-state index in [2.05, 4.69) is 41.6 Å². The molecule has 3 rings (SSSR count). The maximum Gasteiger partial charge on any atom is 0.191 e. The quantitative estimate of drug-likeness (QED) is 0.470. The van der Waals surface area contributed by atoms with Crippen molar-refractivity contribution in [2.24, 2.45) is 10.9 Å². The van der Waals surface area contributed by atoms with Gasteiger partial charge in [0.25, 0.3) is 0 Å². The summed E-state index contributed by atoms with van der Waals surface area (Å²) in [4.78, 5) is 4.59. The number of halogens is 1. The fourth-order valence-electron chi connectivity index (χ4n) is 2.29. The first kappa shape index (κ1) is 16.1. The molecule has 2 atom stereocenters. The molecule has 1 aliphatic rings. The average Bonchev–Trinajstić information content (AvgIpc) is 2.99. The Balaban J connectivity index is 0.00000161. The Morgan fingerprint density at radius 2 is 2.14 bits per heavy atom. The van der Waals surface area contributed by atoms with Gasteiger partial charge in [0.05, 0.1) is 0 Å². The number of para-hydroxylation sites is 1. The number of nitrogens with one attached hydrogen (secondary N) is 2. The standard InChI is InChI=1S/C16H21N3O.HI/c1-3-17-16(19-14-8-11(14)2)18-10-13-9-12-6-4-5-7-15(12)20-13;/h4-7,9,11,14H,3,8,10H2,1-2H3,(H2,17,18,19);1H. The zero-order valence-corrected chi connectivity index (χ0v) is 14.8. The molecular weight excluding hydrogens is 377 g/mol. The van der Waals surface area contributed by atoms with E-state index in [9.17, 15) is 0 Å². The minimum absolute atomic E-state index is 0. The van der Waals surface area contributed by atoms with Crippen molar-refractivity contribution in [2.45, 2.75) is 32.9 Å². The Kier molecular flexibility index (Phi) is 5.50. The van der Waals surface area contributed by atoms with Crippen LogP contribution in [0.2, 0.25) is 0 Å². The Hall–Kier alpha value is -1.24. The number of fused-ring (bicyclic) bond motifs is 1. The molecule has 1 saturated carbocycles. The summed E-state index contributed by atoms with van der Waals surface area (Å²) in [5.41, 5.74) is 0.923. The van der Waals surface area contributed by atoms with E-state index in [0.29, 0.717) is 12.6 Å². The summed E-state index contributed by atoms with van der Waals surface area (Å²) in [7, 11) is 0. The smallest absolute Gasteiger partial charge is 0.191 e. The Bertz CT molecular complexity index is 590. The fraction of sp³-hybridized carbons (Fsp3) is 0.438. The summed E-state index contributed by atoms with van der Waals surface area (Å²) in [5.74, 6) is 2.53. The number of hydrogen-bond acceptors (Lipinski definition) is 2. The number of rotatable bonds is 4. The molecule has 2 N–H and O–H groups in total. The van der Waals surface area contributed by atoms with Gasteiger partial charge >= 0.3 is 0 Å². The van der Waals surface area contributed by atoms with Crippen LogP contribution in [0, 0.1) is 5.92 Å². The van der Waals surface area contributed by atoms with E-state index in [1.807, 2.05) is 18.2 Å². The van der Waals surface area contributed by atoms with Crippen molar-refractivity contribution in [3.63, 3.8) is 0 Å². The minimum atomic E-state index is 0. The third kappa shape index (κ3) is 4.12. The SMILES string of the molecule is CCNC(=NCc1cc2ccccc2o1)NC1CC1C.I. The van der Waals surface area contributed by atoms with Crippen molar-refractivity contribution in [3.8, 4) is 0 Å². The van der Waals surface area contributed by atoms with Crippen molar-refractivity contribution < 1.29 is 4.42 Å². The van der Waals surface area contributed by atoms with E-state index in [-0.39, 0.29) is 24.0 Å². The van der Waals surface area contributed by atoms with Gasteiger partial charge in [-0.2, -0.15) is 0 Å². The summed E-state index contributed by atoms with van der Waals surface area (Å²) < 4.78 is 5.78. The lowest BCUT2D eigenvalue weighted by Gasteiger charge is -2.10. The molecule has 2 unspecified atom stereocenters. The van der Waals surface area contributed by atoms with E-state index in [1.165, 1.54) is 6.42 Å². The van der Waals surface area contributed by atoms with Crippen LogP contribution >= 0.6 is 24.0 Å². The summed E-state index contributed by atoms with van der Waals surface area (Å²) in [6.45, 7) is 5.76. The molecule has 5 heteroatoms. The molecule has 114 valence electrons. The largest absolute Gasteiger partial charge is 0.459 e. The van der Waals surface area contributed by atoms with Crippen LogP contribution in [0.1, 0.15) is 26.0 Å². The van der Waals surface area contributed by atoms with E-state index >= 15 is 0 Å². The number of hydrogen-bond donors (Lipinski definition) is 2. The van der Waals surface area contributed by atoms with Gasteiger partial charge in [-0.1, -0.05) is 25.1 Å². The van der Waals surface area contributed by atoms with E-state index in [0.717, 1.165) is 35.2 Å². The van der Waals surface area contributed by atoms with Crippen molar-refractivity contribution in [1.29, 1.82) is 0 Å². The summed E-state index contributed by atoms with van der Waals surface area (Å²) in [6.07, 6.45) is 1.23. The first-order valence-electron chi connectivity index (χ1n) is 7.28. The van der Waals surface area contributed by atoms with Crippen molar-refractivity contribution in [3.05, 3.63) is 36.1 Å². The van der Waals surface area contributed by atoms with Gasteiger partial charge in [-0.3, -0.25) is 0 Å². The van der Waals surface area contributed by atoms with Crippen LogP contribution in [0.5, 0.6) is 0 Å². The van der Waals surface area contributed by atoms with Crippen LogP contribution < -0.4 is 10.6 Å². The molecule has 0 radical (unpaired) electrons. The molecule has 0 aliphatic heterocycles. The second kappa shape index (κ2) is 7.15. The number of aliphatic imine (C=N–C) groups is 1. The van der Waals surface area contributed by atoms with Crippen LogP contribution in [0.3, 0.4) is 0 Å². The highest BCUT2D eigenvalue weighted by molar-refractivity contribution is 14.0. The second-order valence-electron chi connectivity index (χ2n) is 5.41. The lowest BCUT2D eigenvalue weighted by molar-refractivity contribution is 0.551. The third-order valence-electron chi connectivity index (χ3n) is 3.65. The molecule has 1 heterocycles. The Labute approximate surface area is 142 Å². The van der Waals surface area contributed by atoms with Crippen LogP contribution in [0.25, 0.3) is 11.0 Å². The first-order valence-corrected chi connectivity index (χ1v) is 7.28. The monoisotopic (exact) mass is 399 g/mol. The van der Waals surface area contributed by atoms with Gasteiger partial charge in [-0.15, -0.1) is 24.0 Å². The molecule has 1 fully saturated rings. The van der Waals surface area contributed by atoms with Gasteiger partial charge in [-0.05, 0) is 31.4 Å². The lowest BCUT2D eigenvalue weighted by Crippen LogP contribution is -2.39. The van der Waals surface area contributed by atoms with Crippen molar-refractivity contribution >= 4 is 40.9 Å². The predicted molar refractivity (Wildman–Crippen MR) is 97.1 cm³/mol. The summed E-state index contributed by atoms with van der Waals surface area (Å²) in [5, 5.41) is 7.85. The number of nitrogens with zero attached hydrogens (tertiary/aromatic N) is 1. The van der Waals surface area contributed by atoms with Gasteiger partial charge in [0, 0.05) is 18.0 Å². The van der Waals surface area contributed by atoms with Gasteiger partial charge in [0.2, 0.25) is 0 Å². The van der Waals surface area contributed by atoms with Gasteiger partial charge < -0.3 is 15.1 Å². The van der Waals surface area contributed by atoms with Crippen LogP contribution in [0.15, 0.2) is 39.7 Å². The zero-order chi connectivity index (χ0) is 13.9. The second-order valence-corrected chi connectivity index (χ2v) is 5.41. The Morgan fingerprint density at radius 1 is 1.38 bits per heavy atom. The molecule has 0 spiro atoms. The van der Waals surface area contributed by atoms with Crippen molar-refractivity contribution in [1.82, 2.24) is 10.6 Å². The third-order valence-corrected chi connectivity index (χ3v) is 3.65. The number of benzene rings is 1. The number of furan rings is 1. The fourth-order valence-corrected chi connectivity index (χ4v) is 2.29. The maximum absolute atomic E-state index is 5.78. The molecule has 0 saturated heterocycles. The van der Waals surface area contributed by atoms with Crippen LogP contribution in [-0.2, 0) is 6.54 Å². The van der Waals surface area contributed by atoms with Crippen LogP contribution in [0.4, 0.5) is 0 Å². The molecule has 4 nitrogen and oxygen atoms in total. The molecule has 2 aromatic rings. The molecule has 1 aliphatic carbocycles. The van der Waals surface area contributed by atoms with E-state index in [4.69, 9.17) is 4.42 Å². The van der Waals surface area contributed by atoms with Gasteiger partial charge in [0.1, 0.15) is 17.9 Å². The molecule has 1 aromatic heterocycles. The summed E-state index contributed by atoms with van der Waals surface area (Å²) in [6, 6.07) is 10.7. The highest BCUT2D eigenvalue weighted by atomic mass is 127. The molecule has 21 heavy (non-hydrogen) atoms. The highest BCUT2D eigenvalue weighted by Crippen LogP contribution is 2.28. The maximum atomic E-state index is 5.78. The first-order chi connectivity index (χ1) is 9.76. The number of guanidine groups is 1. The minimum Gasteiger partial charge on any atom is -0.459 e. The molecule has 0 amide bonds.